The van der Waals surface area contributed by atoms with Gasteiger partial charge in [-0.1, -0.05) is 56.7 Å². The number of rotatable bonds is 7. The lowest BCUT2D eigenvalue weighted by molar-refractivity contribution is 0.0967. The van der Waals surface area contributed by atoms with E-state index in [-0.39, 0.29) is 17.5 Å². The summed E-state index contributed by atoms with van der Waals surface area (Å²) in [6, 6.07) is 4.61. The van der Waals surface area contributed by atoms with Crippen LogP contribution in [0, 0.1) is 0 Å². The van der Waals surface area contributed by atoms with E-state index in [4.69, 9.17) is 4.74 Å². The number of piperidine rings is 1. The predicted molar refractivity (Wildman–Crippen MR) is 144 cm³/mol. The van der Waals surface area contributed by atoms with Gasteiger partial charge in [-0.15, -0.1) is 0 Å². The molecule has 1 unspecified atom stereocenters. The molecule has 3 aliphatic heterocycles. The first-order chi connectivity index (χ1) is 16.9. The fourth-order valence-electron chi connectivity index (χ4n) is 6.30. The molecule has 0 radical (unpaired) electrons. The molecule has 5 heteroatoms. The van der Waals surface area contributed by atoms with Crippen molar-refractivity contribution in [3.05, 3.63) is 64.4 Å². The van der Waals surface area contributed by atoms with Crippen LogP contribution in [-0.2, 0) is 13.0 Å². The number of aryl methyl sites for hydroxylation is 1. The number of urea groups is 1. The summed E-state index contributed by atoms with van der Waals surface area (Å²) in [5, 5.41) is 0. The van der Waals surface area contributed by atoms with Crippen molar-refractivity contribution in [2.24, 2.45) is 0 Å². The number of methoxy groups -OCH3 is 1. The molecular formula is C30H43N3O2. The Hall–Kier alpha value is -2.53. The molecule has 2 saturated heterocycles. The van der Waals surface area contributed by atoms with Crippen molar-refractivity contribution in [1.29, 1.82) is 0 Å². The quantitative estimate of drug-likeness (QED) is 0.435. The SMILES string of the molecule is CC/C=C\C=C(/C)CN1CCC2(CC1)C1=CC(C)c3c(cc(CC)cc3OC)CN1C(=O)N2CC. The number of nitrogens with zero attached hydrogens (tertiary/aromatic N) is 3. The molecule has 4 rings (SSSR count). The van der Waals surface area contributed by atoms with Crippen molar-refractivity contribution >= 4 is 6.03 Å². The van der Waals surface area contributed by atoms with Gasteiger partial charge in [0.1, 0.15) is 5.75 Å². The largest absolute Gasteiger partial charge is 0.496 e. The van der Waals surface area contributed by atoms with Crippen LogP contribution >= 0.6 is 0 Å². The van der Waals surface area contributed by atoms with Crippen LogP contribution in [0.15, 0.2) is 47.7 Å². The Morgan fingerprint density at radius 1 is 1.20 bits per heavy atom. The molecule has 5 nitrogen and oxygen atoms in total. The number of allylic oxidation sites excluding steroid dienone is 4. The van der Waals surface area contributed by atoms with E-state index >= 15 is 0 Å². The van der Waals surface area contributed by atoms with Crippen LogP contribution in [0.5, 0.6) is 5.75 Å². The monoisotopic (exact) mass is 477 g/mol. The molecule has 1 aromatic carbocycles. The molecule has 0 saturated carbocycles. The summed E-state index contributed by atoms with van der Waals surface area (Å²) in [6.07, 6.45) is 12.9. The summed E-state index contributed by atoms with van der Waals surface area (Å²) in [5.41, 5.74) is 6.11. The average molecular weight is 478 g/mol. The Morgan fingerprint density at radius 3 is 2.57 bits per heavy atom. The first kappa shape index (κ1) is 25.6. The molecule has 1 spiro atoms. The second kappa shape index (κ2) is 10.6. The van der Waals surface area contributed by atoms with Crippen molar-refractivity contribution in [3.63, 3.8) is 0 Å². The van der Waals surface area contributed by atoms with Crippen LogP contribution in [-0.4, -0.2) is 59.6 Å². The highest BCUT2D eigenvalue weighted by molar-refractivity contribution is 5.83. The number of hydrogen-bond donors (Lipinski definition) is 0. The lowest BCUT2D eigenvalue weighted by Gasteiger charge is -2.44. The predicted octanol–water partition coefficient (Wildman–Crippen LogP) is 6.26. The van der Waals surface area contributed by atoms with Crippen LogP contribution < -0.4 is 4.74 Å². The van der Waals surface area contributed by atoms with Gasteiger partial charge in [-0.2, -0.15) is 0 Å². The molecule has 2 fully saturated rings. The van der Waals surface area contributed by atoms with Gasteiger partial charge in [-0.3, -0.25) is 9.80 Å². The molecule has 35 heavy (non-hydrogen) atoms. The summed E-state index contributed by atoms with van der Waals surface area (Å²) in [5.74, 6) is 1.15. The van der Waals surface area contributed by atoms with Gasteiger partial charge >= 0.3 is 6.03 Å². The molecular weight excluding hydrogens is 434 g/mol. The Morgan fingerprint density at radius 2 is 1.94 bits per heavy atom. The Kier molecular flexibility index (Phi) is 7.75. The van der Waals surface area contributed by atoms with Crippen molar-refractivity contribution in [3.8, 4) is 5.75 Å². The van der Waals surface area contributed by atoms with Crippen molar-refractivity contribution < 1.29 is 9.53 Å². The maximum Gasteiger partial charge on any atom is 0.325 e. The molecule has 0 aromatic heterocycles. The van der Waals surface area contributed by atoms with Gasteiger partial charge in [0.05, 0.1) is 19.2 Å². The van der Waals surface area contributed by atoms with Crippen LogP contribution in [0.1, 0.15) is 76.5 Å². The van der Waals surface area contributed by atoms with Gasteiger partial charge in [0.25, 0.3) is 0 Å². The third-order valence-electron chi connectivity index (χ3n) is 8.08. The van der Waals surface area contributed by atoms with Crippen LogP contribution in [0.3, 0.4) is 0 Å². The number of likely N-dealkylation sites (N-methyl/N-ethyl adjacent to an activating group) is 1. The van der Waals surface area contributed by atoms with Gasteiger partial charge in [0.2, 0.25) is 0 Å². The number of carbonyl (C=O) groups is 1. The summed E-state index contributed by atoms with van der Waals surface area (Å²) in [7, 11) is 1.76. The second-order valence-electron chi connectivity index (χ2n) is 10.3. The van der Waals surface area contributed by atoms with E-state index in [1.807, 2.05) is 0 Å². The molecule has 0 bridgehead atoms. The van der Waals surface area contributed by atoms with Crippen molar-refractivity contribution in [2.45, 2.75) is 78.3 Å². The summed E-state index contributed by atoms with van der Waals surface area (Å²) >= 11 is 0. The van der Waals surface area contributed by atoms with Gasteiger partial charge in [-0.05, 0) is 56.7 Å². The lowest BCUT2D eigenvalue weighted by Crippen LogP contribution is -2.53. The summed E-state index contributed by atoms with van der Waals surface area (Å²) in [6.45, 7) is 15.3. The highest BCUT2D eigenvalue weighted by Crippen LogP contribution is 2.48. The van der Waals surface area contributed by atoms with Crippen molar-refractivity contribution in [2.75, 3.05) is 33.3 Å². The van der Waals surface area contributed by atoms with E-state index in [0.29, 0.717) is 6.54 Å². The summed E-state index contributed by atoms with van der Waals surface area (Å²) < 4.78 is 5.84. The summed E-state index contributed by atoms with van der Waals surface area (Å²) in [4.78, 5) is 20.5. The number of hydrogen-bond acceptors (Lipinski definition) is 3. The van der Waals surface area contributed by atoms with E-state index in [1.165, 1.54) is 28.0 Å². The number of likely N-dealkylation sites (tertiary alicyclic amines) is 1. The number of amides is 2. The minimum Gasteiger partial charge on any atom is -0.496 e. The molecule has 1 atom stereocenters. The molecule has 2 amide bonds. The zero-order valence-electron chi connectivity index (χ0n) is 22.6. The maximum atomic E-state index is 13.8. The standard InChI is InChI=1S/C30H43N3O2/c1-7-10-11-12-22(4)20-31-15-13-30(14-16-31)27-17-23(5)28-25(18-24(8-2)19-26(28)35-6)21-32(27)29(34)33(30)9-3/h10-12,17-19,23H,7-9,13-16,20-21H2,1-6H3/b11-10-,22-12+. The van der Waals surface area contributed by atoms with E-state index in [1.54, 1.807) is 7.11 Å². The molecule has 3 heterocycles. The second-order valence-corrected chi connectivity index (χ2v) is 10.3. The lowest BCUT2D eigenvalue weighted by atomic mass is 9.82. The fraction of sp³-hybridized carbons (Fsp3) is 0.567. The number of carbonyl (C=O) groups excluding carboxylic acids is 1. The van der Waals surface area contributed by atoms with Crippen LogP contribution in [0.4, 0.5) is 4.79 Å². The fourth-order valence-corrected chi connectivity index (χ4v) is 6.30. The Balaban J connectivity index is 1.63. The highest BCUT2D eigenvalue weighted by atomic mass is 16.5. The van der Waals surface area contributed by atoms with E-state index in [9.17, 15) is 4.79 Å². The van der Waals surface area contributed by atoms with E-state index in [0.717, 1.165) is 57.6 Å². The first-order valence-electron chi connectivity index (χ1n) is 13.4. The third-order valence-corrected chi connectivity index (χ3v) is 8.08. The smallest absolute Gasteiger partial charge is 0.325 e. The zero-order chi connectivity index (χ0) is 25.2. The molecule has 0 N–H and O–H groups in total. The topological polar surface area (TPSA) is 36.0 Å². The normalized spacial score (nSPS) is 22.5. The zero-order valence-corrected chi connectivity index (χ0v) is 22.6. The first-order valence-corrected chi connectivity index (χ1v) is 13.4. The van der Waals surface area contributed by atoms with Gasteiger partial charge in [0, 0.05) is 43.4 Å². The van der Waals surface area contributed by atoms with E-state index in [2.05, 4.69) is 85.8 Å². The molecule has 0 aliphatic carbocycles. The van der Waals surface area contributed by atoms with Crippen LogP contribution in [0.25, 0.3) is 0 Å². The maximum absolute atomic E-state index is 13.8. The van der Waals surface area contributed by atoms with Gasteiger partial charge in [0.15, 0.2) is 0 Å². The number of fused-ring (bicyclic) bond motifs is 3. The minimum absolute atomic E-state index is 0.161. The van der Waals surface area contributed by atoms with Crippen LogP contribution in [0.2, 0.25) is 0 Å². The average Bonchev–Trinajstić information content (AvgIpc) is 2.96. The molecule has 1 aromatic rings. The highest BCUT2D eigenvalue weighted by Gasteiger charge is 2.54. The van der Waals surface area contributed by atoms with Gasteiger partial charge < -0.3 is 9.64 Å². The third kappa shape index (κ3) is 4.67. The Labute approximate surface area is 212 Å². The molecule has 3 aliphatic rings. The Bertz CT molecular complexity index is 1030. The van der Waals surface area contributed by atoms with E-state index < -0.39 is 0 Å². The number of benzene rings is 1. The van der Waals surface area contributed by atoms with Gasteiger partial charge in [-0.25, -0.2) is 4.79 Å². The minimum atomic E-state index is -0.209. The number of ether oxygens (including phenoxy) is 1. The molecule has 190 valence electrons. The van der Waals surface area contributed by atoms with Crippen molar-refractivity contribution in [1.82, 2.24) is 14.7 Å².